The van der Waals surface area contributed by atoms with Crippen LogP contribution >= 0.6 is 0 Å². The van der Waals surface area contributed by atoms with Gasteiger partial charge < -0.3 is 0 Å². The van der Waals surface area contributed by atoms with Crippen LogP contribution in [-0.4, -0.2) is 18.3 Å². The number of nitrogens with zero attached hydrogens (tertiary/aromatic N) is 2. The second-order valence-electron chi connectivity index (χ2n) is 4.34. The fourth-order valence-electron chi connectivity index (χ4n) is 1.84. The minimum Gasteiger partial charge on any atom is -0.261 e. The van der Waals surface area contributed by atoms with E-state index in [0.717, 1.165) is 18.2 Å². The first-order valence-electron chi connectivity index (χ1n) is 6.18. The van der Waals surface area contributed by atoms with Crippen molar-refractivity contribution in [2.24, 2.45) is 0 Å². The number of nitro benzene ring substituents is 2. The number of nitro groups is 2. The molecule has 2 aromatic rings. The van der Waals surface area contributed by atoms with E-state index in [1.54, 1.807) is 30.3 Å². The number of hydrogen-bond donors (Lipinski definition) is 0. The van der Waals surface area contributed by atoms with Gasteiger partial charge in [-0.1, -0.05) is 30.3 Å². The number of benzene rings is 2. The summed E-state index contributed by atoms with van der Waals surface area (Å²) < 4.78 is 29.2. The average molecular weight is 338 g/mol. The van der Waals surface area contributed by atoms with Gasteiger partial charge in [0.1, 0.15) is 0 Å². The Morgan fingerprint density at radius 1 is 0.870 bits per heavy atom. The zero-order chi connectivity index (χ0) is 17.0. The van der Waals surface area contributed by atoms with E-state index in [4.69, 9.17) is 4.18 Å². The van der Waals surface area contributed by atoms with Gasteiger partial charge in [0.05, 0.1) is 16.5 Å². The molecule has 0 aromatic heterocycles. The zero-order valence-corrected chi connectivity index (χ0v) is 12.3. The van der Waals surface area contributed by atoms with Gasteiger partial charge >= 0.3 is 10.1 Å². The maximum atomic E-state index is 12.2. The molecule has 2 aromatic carbocycles. The lowest BCUT2D eigenvalue weighted by molar-refractivity contribution is -0.400. The zero-order valence-electron chi connectivity index (χ0n) is 11.5. The first-order chi connectivity index (χ1) is 10.8. The van der Waals surface area contributed by atoms with Crippen molar-refractivity contribution in [1.29, 1.82) is 0 Å². The van der Waals surface area contributed by atoms with Crippen LogP contribution in [0.5, 0.6) is 0 Å². The molecule has 0 aliphatic heterocycles. The van der Waals surface area contributed by atoms with E-state index in [0.29, 0.717) is 5.56 Å². The first kappa shape index (κ1) is 16.5. The molecular formula is C13H10N2O7S. The topological polar surface area (TPSA) is 130 Å². The van der Waals surface area contributed by atoms with Crippen LogP contribution in [0.25, 0.3) is 0 Å². The second-order valence-corrected chi connectivity index (χ2v) is 5.89. The molecule has 0 radical (unpaired) electrons. The minimum atomic E-state index is -4.69. The van der Waals surface area contributed by atoms with Crippen molar-refractivity contribution in [2.75, 3.05) is 0 Å². The van der Waals surface area contributed by atoms with Crippen molar-refractivity contribution in [3.05, 3.63) is 74.3 Å². The van der Waals surface area contributed by atoms with Gasteiger partial charge in [-0.25, -0.2) is 0 Å². The molecule has 0 aliphatic carbocycles. The highest BCUT2D eigenvalue weighted by Crippen LogP contribution is 2.34. The Balaban J connectivity index is 2.46. The van der Waals surface area contributed by atoms with Crippen LogP contribution in [-0.2, 0) is 20.9 Å². The quantitative estimate of drug-likeness (QED) is 0.449. The van der Waals surface area contributed by atoms with Gasteiger partial charge in [-0.3, -0.25) is 24.4 Å². The maximum absolute atomic E-state index is 12.2. The van der Waals surface area contributed by atoms with Gasteiger partial charge in [0.25, 0.3) is 11.4 Å². The monoisotopic (exact) mass is 338 g/mol. The summed E-state index contributed by atoms with van der Waals surface area (Å²) in [6, 6.07) is 11.0. The third-order valence-corrected chi connectivity index (χ3v) is 4.19. The molecule has 2 rings (SSSR count). The molecule has 0 aliphatic rings. The fourth-order valence-corrected chi connectivity index (χ4v) is 3.04. The molecule has 0 saturated carbocycles. The van der Waals surface area contributed by atoms with Gasteiger partial charge in [0.2, 0.25) is 4.90 Å². The van der Waals surface area contributed by atoms with Gasteiger partial charge in [-0.05, 0) is 11.6 Å². The summed E-state index contributed by atoms with van der Waals surface area (Å²) in [5, 5.41) is 22.0. The second kappa shape index (κ2) is 6.50. The Bertz CT molecular complexity index is 818. The summed E-state index contributed by atoms with van der Waals surface area (Å²) >= 11 is 0. The van der Waals surface area contributed by atoms with Crippen LogP contribution < -0.4 is 0 Å². The molecular weight excluding hydrogens is 328 g/mol. The van der Waals surface area contributed by atoms with Crippen molar-refractivity contribution in [3.8, 4) is 0 Å². The lowest BCUT2D eigenvalue weighted by atomic mass is 10.2. The molecule has 0 spiro atoms. The molecule has 0 atom stereocenters. The van der Waals surface area contributed by atoms with E-state index in [1.165, 1.54) is 0 Å². The molecule has 0 bridgehead atoms. The molecule has 0 unspecified atom stereocenters. The van der Waals surface area contributed by atoms with Crippen molar-refractivity contribution in [2.45, 2.75) is 11.5 Å². The molecule has 0 N–H and O–H groups in total. The van der Waals surface area contributed by atoms with E-state index in [2.05, 4.69) is 0 Å². The van der Waals surface area contributed by atoms with Crippen molar-refractivity contribution in [1.82, 2.24) is 0 Å². The Morgan fingerprint density at radius 2 is 1.39 bits per heavy atom. The van der Waals surface area contributed by atoms with Crippen LogP contribution in [0.2, 0.25) is 0 Å². The molecule has 9 nitrogen and oxygen atoms in total. The molecule has 120 valence electrons. The summed E-state index contributed by atoms with van der Waals surface area (Å²) in [5.74, 6) is 0. The molecule has 0 amide bonds. The molecule has 10 heteroatoms. The van der Waals surface area contributed by atoms with E-state index in [1.807, 2.05) is 0 Å². The Labute approximate surface area is 130 Å². The first-order valence-corrected chi connectivity index (χ1v) is 7.59. The third-order valence-electron chi connectivity index (χ3n) is 2.84. The number of hydrogen-bond acceptors (Lipinski definition) is 7. The standard InChI is InChI=1S/C13H10N2O7S/c16-14(17)11-7-4-8-12(15(18)19)13(11)23(20,21)22-9-10-5-2-1-3-6-10/h1-8H,9H2. The van der Waals surface area contributed by atoms with E-state index < -0.39 is 42.8 Å². The lowest BCUT2D eigenvalue weighted by Crippen LogP contribution is -2.11. The Kier molecular flexibility index (Phi) is 4.67. The van der Waals surface area contributed by atoms with E-state index >= 15 is 0 Å². The minimum absolute atomic E-state index is 0.396. The van der Waals surface area contributed by atoms with Crippen molar-refractivity contribution >= 4 is 21.5 Å². The molecule has 0 saturated heterocycles. The SMILES string of the molecule is O=[N+]([O-])c1cccc([N+](=O)[O-])c1S(=O)(=O)OCc1ccccc1. The van der Waals surface area contributed by atoms with Gasteiger partial charge in [0.15, 0.2) is 0 Å². The maximum Gasteiger partial charge on any atom is 0.311 e. The van der Waals surface area contributed by atoms with Crippen molar-refractivity contribution < 1.29 is 22.4 Å². The summed E-state index contributed by atoms with van der Waals surface area (Å²) in [5.41, 5.74) is -1.32. The molecule has 0 heterocycles. The van der Waals surface area contributed by atoms with Crippen LogP contribution in [0.3, 0.4) is 0 Å². The highest BCUT2D eigenvalue weighted by Gasteiger charge is 2.36. The van der Waals surface area contributed by atoms with Crippen LogP contribution in [0.15, 0.2) is 53.4 Å². The van der Waals surface area contributed by atoms with E-state index in [-0.39, 0.29) is 0 Å². The average Bonchev–Trinajstić information content (AvgIpc) is 2.53. The third kappa shape index (κ3) is 3.67. The van der Waals surface area contributed by atoms with Gasteiger partial charge in [0, 0.05) is 12.1 Å². The fraction of sp³-hybridized carbons (Fsp3) is 0.0769. The van der Waals surface area contributed by atoms with Crippen molar-refractivity contribution in [3.63, 3.8) is 0 Å². The Morgan fingerprint density at radius 3 is 1.87 bits per heavy atom. The summed E-state index contributed by atoms with van der Waals surface area (Å²) in [4.78, 5) is 18.9. The largest absolute Gasteiger partial charge is 0.311 e. The predicted octanol–water partition coefficient (Wildman–Crippen LogP) is 2.41. The van der Waals surface area contributed by atoms with Gasteiger partial charge in [-0.15, -0.1) is 0 Å². The van der Waals surface area contributed by atoms with Crippen LogP contribution in [0.1, 0.15) is 5.56 Å². The summed E-state index contributed by atoms with van der Waals surface area (Å²) in [6.45, 7) is -0.396. The smallest absolute Gasteiger partial charge is 0.261 e. The normalized spacial score (nSPS) is 11.1. The summed E-state index contributed by atoms with van der Waals surface area (Å²) in [6.07, 6.45) is 0. The lowest BCUT2D eigenvalue weighted by Gasteiger charge is -2.07. The summed E-state index contributed by atoms with van der Waals surface area (Å²) in [7, 11) is -4.69. The van der Waals surface area contributed by atoms with Crippen LogP contribution in [0, 0.1) is 20.2 Å². The molecule has 23 heavy (non-hydrogen) atoms. The predicted molar refractivity (Wildman–Crippen MR) is 78.2 cm³/mol. The highest BCUT2D eigenvalue weighted by molar-refractivity contribution is 7.87. The van der Waals surface area contributed by atoms with E-state index in [9.17, 15) is 28.6 Å². The Hall–Kier alpha value is -2.85. The molecule has 0 fully saturated rings. The van der Waals surface area contributed by atoms with Gasteiger partial charge in [-0.2, -0.15) is 8.42 Å². The van der Waals surface area contributed by atoms with Crippen LogP contribution in [0.4, 0.5) is 11.4 Å². The number of rotatable bonds is 6. The highest BCUT2D eigenvalue weighted by atomic mass is 32.2.